The molecule has 1 heterocycles. The Bertz CT molecular complexity index is 881. The monoisotopic (exact) mass is 383 g/mol. The number of amides is 2. The van der Waals surface area contributed by atoms with Gasteiger partial charge in [-0.3, -0.25) is 20.2 Å². The largest absolute Gasteiger partial charge is 0.494 e. The lowest BCUT2D eigenvalue weighted by Crippen LogP contribution is -2.47. The highest BCUT2D eigenvalue weighted by molar-refractivity contribution is 6.10. The van der Waals surface area contributed by atoms with Crippen LogP contribution in [-0.2, 0) is 4.79 Å². The van der Waals surface area contributed by atoms with E-state index in [1.54, 1.807) is 42.5 Å². The average molecular weight is 383 g/mol. The fraction of sp³-hybridized carbons (Fsp3) is 0.286. The van der Waals surface area contributed by atoms with Crippen molar-refractivity contribution in [2.24, 2.45) is 4.99 Å². The topological polar surface area (TPSA) is 79.8 Å². The molecule has 3 rings (SSSR count). The number of hydrogen-bond donors (Lipinski definition) is 2. The van der Waals surface area contributed by atoms with E-state index in [0.29, 0.717) is 23.5 Å². The first-order valence-electron chi connectivity index (χ1n) is 9.23. The molecule has 28 heavy (non-hydrogen) atoms. The van der Waals surface area contributed by atoms with Crippen molar-refractivity contribution < 1.29 is 18.7 Å². The third kappa shape index (κ3) is 4.94. The smallest absolute Gasteiger partial charge is 0.257 e. The lowest BCUT2D eigenvalue weighted by atomic mass is 10.0. The second kappa shape index (κ2) is 9.12. The minimum atomic E-state index is -0.681. The van der Waals surface area contributed by atoms with E-state index in [1.165, 1.54) is 6.07 Å². The first kappa shape index (κ1) is 19.5. The second-order valence-electron chi connectivity index (χ2n) is 6.45. The fourth-order valence-electron chi connectivity index (χ4n) is 2.80. The number of benzene rings is 2. The molecule has 2 aromatic rings. The number of unbranched alkanes of at least 4 members (excludes halogenated alkanes) is 1. The number of ether oxygens (including phenoxy) is 1. The summed E-state index contributed by atoms with van der Waals surface area (Å²) in [7, 11) is 0. The number of halogens is 1. The van der Waals surface area contributed by atoms with Gasteiger partial charge in [-0.1, -0.05) is 31.5 Å². The summed E-state index contributed by atoms with van der Waals surface area (Å²) in [5, 5.41) is 5.09. The van der Waals surface area contributed by atoms with Gasteiger partial charge in [0.2, 0.25) is 11.9 Å². The van der Waals surface area contributed by atoms with Crippen LogP contribution in [0.1, 0.15) is 48.1 Å². The van der Waals surface area contributed by atoms with Crippen molar-refractivity contribution in [1.29, 1.82) is 0 Å². The Labute approximate surface area is 162 Å². The number of guanidine groups is 1. The van der Waals surface area contributed by atoms with E-state index in [4.69, 9.17) is 4.74 Å². The summed E-state index contributed by atoms with van der Waals surface area (Å²) in [5.41, 5.74) is 0.713. The van der Waals surface area contributed by atoms with Crippen molar-refractivity contribution in [1.82, 2.24) is 10.6 Å². The van der Waals surface area contributed by atoms with Gasteiger partial charge in [0.1, 0.15) is 11.6 Å². The van der Waals surface area contributed by atoms with E-state index in [0.717, 1.165) is 12.8 Å². The predicted octanol–water partition coefficient (Wildman–Crippen LogP) is 3.35. The third-order valence-corrected chi connectivity index (χ3v) is 4.30. The van der Waals surface area contributed by atoms with Crippen molar-refractivity contribution in [2.75, 3.05) is 6.61 Å². The normalized spacial score (nSPS) is 16.1. The lowest BCUT2D eigenvalue weighted by Gasteiger charge is -2.21. The van der Waals surface area contributed by atoms with Gasteiger partial charge in [-0.15, -0.1) is 0 Å². The number of aliphatic imine (C=N–C) groups is 1. The highest BCUT2D eigenvalue weighted by Crippen LogP contribution is 2.25. The van der Waals surface area contributed by atoms with Crippen LogP contribution in [0.4, 0.5) is 4.39 Å². The quantitative estimate of drug-likeness (QED) is 0.751. The maximum atomic E-state index is 14.0. The predicted molar refractivity (Wildman–Crippen MR) is 104 cm³/mol. The zero-order valence-corrected chi connectivity index (χ0v) is 15.6. The van der Waals surface area contributed by atoms with E-state index in [2.05, 4.69) is 22.5 Å². The SMILES string of the molecule is CCCCOc1ccc(C(=O)NC2=NC(c3ccccc3F)CC(=O)N2)cc1. The molecule has 2 aromatic carbocycles. The molecule has 6 nitrogen and oxygen atoms in total. The summed E-state index contributed by atoms with van der Waals surface area (Å²) in [6, 6.07) is 12.2. The van der Waals surface area contributed by atoms with Crippen LogP contribution in [0.3, 0.4) is 0 Å². The number of hydrogen-bond acceptors (Lipinski definition) is 4. The third-order valence-electron chi connectivity index (χ3n) is 4.30. The van der Waals surface area contributed by atoms with E-state index in [9.17, 15) is 14.0 Å². The van der Waals surface area contributed by atoms with Gasteiger partial charge >= 0.3 is 0 Å². The molecule has 0 saturated carbocycles. The number of nitrogens with one attached hydrogen (secondary N) is 2. The first-order valence-corrected chi connectivity index (χ1v) is 9.23. The Morgan fingerprint density at radius 2 is 2.00 bits per heavy atom. The molecule has 0 radical (unpaired) electrons. The van der Waals surface area contributed by atoms with Crippen LogP contribution < -0.4 is 15.4 Å². The van der Waals surface area contributed by atoms with Gasteiger partial charge < -0.3 is 4.74 Å². The van der Waals surface area contributed by atoms with Gasteiger partial charge in [0.25, 0.3) is 5.91 Å². The van der Waals surface area contributed by atoms with Crippen molar-refractivity contribution in [3.63, 3.8) is 0 Å². The molecule has 7 heteroatoms. The molecule has 1 aliphatic heterocycles. The maximum Gasteiger partial charge on any atom is 0.257 e. The van der Waals surface area contributed by atoms with Crippen LogP contribution in [0.2, 0.25) is 0 Å². The minimum Gasteiger partial charge on any atom is -0.494 e. The number of carbonyl (C=O) groups excluding carboxylic acids is 2. The molecule has 0 spiro atoms. The summed E-state index contributed by atoms with van der Waals surface area (Å²) in [6.45, 7) is 2.71. The Morgan fingerprint density at radius 1 is 1.25 bits per heavy atom. The molecule has 1 unspecified atom stereocenters. The Morgan fingerprint density at radius 3 is 2.71 bits per heavy atom. The van der Waals surface area contributed by atoms with E-state index < -0.39 is 17.8 Å². The van der Waals surface area contributed by atoms with Crippen LogP contribution in [0.25, 0.3) is 0 Å². The van der Waals surface area contributed by atoms with Gasteiger partial charge in [-0.05, 0) is 36.8 Å². The Hall–Kier alpha value is -3.22. The second-order valence-corrected chi connectivity index (χ2v) is 6.45. The molecular formula is C21H22FN3O3. The van der Waals surface area contributed by atoms with Crippen LogP contribution in [0, 0.1) is 5.82 Å². The standard InChI is InChI=1S/C21H22FN3O3/c1-2-3-12-28-15-10-8-14(9-11-15)20(27)25-21-23-18(13-19(26)24-21)16-6-4-5-7-17(16)22/h4-11,18H,2-3,12-13H2,1H3,(H2,23,24,25,26,27). The van der Waals surface area contributed by atoms with E-state index >= 15 is 0 Å². The summed E-state index contributed by atoms with van der Waals surface area (Å²) in [4.78, 5) is 28.7. The van der Waals surface area contributed by atoms with Gasteiger partial charge in [0.05, 0.1) is 19.1 Å². The molecule has 0 saturated heterocycles. The maximum absolute atomic E-state index is 14.0. The molecular weight excluding hydrogens is 361 g/mol. The highest BCUT2D eigenvalue weighted by atomic mass is 19.1. The molecule has 1 aliphatic rings. The van der Waals surface area contributed by atoms with Gasteiger partial charge in [0, 0.05) is 11.1 Å². The van der Waals surface area contributed by atoms with Crippen molar-refractivity contribution >= 4 is 17.8 Å². The summed E-state index contributed by atoms with van der Waals surface area (Å²) in [6.07, 6.45) is 2.03. The summed E-state index contributed by atoms with van der Waals surface area (Å²) < 4.78 is 19.6. The Kier molecular flexibility index (Phi) is 6.37. The number of rotatable bonds is 6. The lowest BCUT2D eigenvalue weighted by molar-refractivity contribution is -0.120. The van der Waals surface area contributed by atoms with Gasteiger partial charge in [0.15, 0.2) is 0 Å². The summed E-state index contributed by atoms with van der Waals surface area (Å²) in [5.74, 6) is -0.493. The number of carbonyl (C=O) groups is 2. The van der Waals surface area contributed by atoms with Crippen LogP contribution in [-0.4, -0.2) is 24.4 Å². The van der Waals surface area contributed by atoms with Gasteiger partial charge in [-0.25, -0.2) is 9.38 Å². The molecule has 2 N–H and O–H groups in total. The molecule has 2 amide bonds. The zero-order chi connectivity index (χ0) is 19.9. The zero-order valence-electron chi connectivity index (χ0n) is 15.6. The molecule has 1 atom stereocenters. The van der Waals surface area contributed by atoms with Crippen molar-refractivity contribution in [3.05, 3.63) is 65.5 Å². The van der Waals surface area contributed by atoms with Crippen LogP contribution in [0.15, 0.2) is 53.5 Å². The summed E-state index contributed by atoms with van der Waals surface area (Å²) >= 11 is 0. The molecule has 0 aromatic heterocycles. The van der Waals surface area contributed by atoms with Crippen LogP contribution >= 0.6 is 0 Å². The number of nitrogens with zero attached hydrogens (tertiary/aromatic N) is 1. The van der Waals surface area contributed by atoms with Crippen LogP contribution in [0.5, 0.6) is 5.75 Å². The van der Waals surface area contributed by atoms with E-state index in [1.807, 2.05) is 0 Å². The minimum absolute atomic E-state index is 0.0118. The molecule has 0 fully saturated rings. The highest BCUT2D eigenvalue weighted by Gasteiger charge is 2.25. The van der Waals surface area contributed by atoms with Gasteiger partial charge in [-0.2, -0.15) is 0 Å². The van der Waals surface area contributed by atoms with E-state index in [-0.39, 0.29) is 18.3 Å². The fourth-order valence-corrected chi connectivity index (χ4v) is 2.80. The molecule has 0 aliphatic carbocycles. The Balaban J connectivity index is 1.68. The average Bonchev–Trinajstić information content (AvgIpc) is 2.68. The molecule has 0 bridgehead atoms. The first-order chi connectivity index (χ1) is 13.6. The van der Waals surface area contributed by atoms with Crippen molar-refractivity contribution in [3.8, 4) is 5.75 Å². The van der Waals surface area contributed by atoms with Crippen molar-refractivity contribution in [2.45, 2.75) is 32.2 Å². The molecule has 146 valence electrons.